The molecule has 2 amide bonds. The van der Waals surface area contributed by atoms with Crippen LogP contribution in [0, 0.1) is 6.92 Å². The molecule has 2 N–H and O–H groups in total. The summed E-state index contributed by atoms with van der Waals surface area (Å²) in [6.45, 7) is 5.38. The number of nitrogens with one attached hydrogen (secondary N) is 2. The zero-order valence-electron chi connectivity index (χ0n) is 9.53. The molecule has 0 radical (unpaired) electrons. The minimum absolute atomic E-state index is 0.150. The average Bonchev–Trinajstić information content (AvgIpc) is 2.32. The molecular weight excluding hydrogens is 220 g/mol. The van der Waals surface area contributed by atoms with Gasteiger partial charge in [-0.2, -0.15) is 0 Å². The zero-order chi connectivity index (χ0) is 12.7. The summed E-state index contributed by atoms with van der Waals surface area (Å²) in [4.78, 5) is 21.7. The third-order valence-electron chi connectivity index (χ3n) is 2.12. The first-order valence-corrected chi connectivity index (χ1v) is 5.03. The summed E-state index contributed by atoms with van der Waals surface area (Å²) in [5, 5.41) is 5.12. The summed E-state index contributed by atoms with van der Waals surface area (Å²) in [5.41, 5.74) is 1.99. The fourth-order valence-corrected chi connectivity index (χ4v) is 1.27. The smallest absolute Gasteiger partial charge is 0.411 e. The van der Waals surface area contributed by atoms with Crippen LogP contribution in [-0.4, -0.2) is 19.1 Å². The molecule has 17 heavy (non-hydrogen) atoms. The lowest BCUT2D eigenvalue weighted by molar-refractivity contribution is -0.105. The Morgan fingerprint density at radius 3 is 2.82 bits per heavy atom. The number of amides is 2. The molecular formula is C12H14N2O3. The first-order valence-electron chi connectivity index (χ1n) is 5.03. The van der Waals surface area contributed by atoms with Crippen molar-refractivity contribution in [3.05, 3.63) is 36.4 Å². The molecule has 0 aliphatic rings. The molecule has 0 saturated carbocycles. The minimum atomic E-state index is -0.559. The maximum Gasteiger partial charge on any atom is 0.411 e. The monoisotopic (exact) mass is 234 g/mol. The highest BCUT2D eigenvalue weighted by atomic mass is 16.5. The van der Waals surface area contributed by atoms with Gasteiger partial charge in [-0.25, -0.2) is 4.79 Å². The van der Waals surface area contributed by atoms with E-state index >= 15 is 0 Å². The number of benzene rings is 1. The van der Waals surface area contributed by atoms with Crippen LogP contribution in [0.1, 0.15) is 5.56 Å². The molecule has 0 fully saturated rings. The van der Waals surface area contributed by atoms with Gasteiger partial charge in [0.2, 0.25) is 6.41 Å². The van der Waals surface area contributed by atoms with Gasteiger partial charge in [-0.15, -0.1) is 0 Å². The summed E-state index contributed by atoms with van der Waals surface area (Å²) in [6.07, 6.45) is 1.51. The van der Waals surface area contributed by atoms with Gasteiger partial charge < -0.3 is 10.1 Å². The van der Waals surface area contributed by atoms with E-state index < -0.39 is 6.09 Å². The maximum absolute atomic E-state index is 11.3. The second-order valence-corrected chi connectivity index (χ2v) is 3.25. The van der Waals surface area contributed by atoms with E-state index in [1.54, 1.807) is 25.1 Å². The summed E-state index contributed by atoms with van der Waals surface area (Å²) >= 11 is 0. The van der Waals surface area contributed by atoms with Crippen LogP contribution in [0.4, 0.5) is 16.2 Å². The van der Waals surface area contributed by atoms with E-state index in [-0.39, 0.29) is 6.61 Å². The molecule has 0 heterocycles. The van der Waals surface area contributed by atoms with Gasteiger partial charge in [0.15, 0.2) is 0 Å². The summed E-state index contributed by atoms with van der Waals surface area (Å²) < 4.78 is 4.79. The average molecular weight is 234 g/mol. The Morgan fingerprint density at radius 1 is 1.47 bits per heavy atom. The Hall–Kier alpha value is -2.30. The van der Waals surface area contributed by atoms with Crippen molar-refractivity contribution < 1.29 is 14.3 Å². The van der Waals surface area contributed by atoms with Gasteiger partial charge in [0, 0.05) is 11.4 Å². The van der Waals surface area contributed by atoms with E-state index in [4.69, 9.17) is 4.74 Å². The van der Waals surface area contributed by atoms with Gasteiger partial charge in [-0.05, 0) is 24.6 Å². The van der Waals surface area contributed by atoms with Gasteiger partial charge in [-0.3, -0.25) is 10.1 Å². The van der Waals surface area contributed by atoms with Crippen molar-refractivity contribution in [1.29, 1.82) is 0 Å². The minimum Gasteiger partial charge on any atom is -0.445 e. The number of anilines is 2. The normalized spacial score (nSPS) is 9.24. The van der Waals surface area contributed by atoms with Crippen LogP contribution in [0.3, 0.4) is 0 Å². The van der Waals surface area contributed by atoms with E-state index in [9.17, 15) is 9.59 Å². The lowest BCUT2D eigenvalue weighted by Gasteiger charge is -2.11. The molecule has 0 aliphatic carbocycles. The molecule has 0 atom stereocenters. The molecule has 1 rings (SSSR count). The molecule has 90 valence electrons. The van der Waals surface area contributed by atoms with E-state index in [1.165, 1.54) is 6.08 Å². The summed E-state index contributed by atoms with van der Waals surface area (Å²) in [5.74, 6) is 0. The molecule has 0 bridgehead atoms. The number of hydrogen-bond acceptors (Lipinski definition) is 3. The number of rotatable bonds is 5. The molecule has 0 aromatic heterocycles. The Kier molecular flexibility index (Phi) is 4.75. The third-order valence-corrected chi connectivity index (χ3v) is 2.12. The second-order valence-electron chi connectivity index (χ2n) is 3.25. The van der Waals surface area contributed by atoms with Gasteiger partial charge in [0.05, 0.1) is 0 Å². The highest BCUT2D eigenvalue weighted by molar-refractivity contribution is 5.88. The van der Waals surface area contributed by atoms with Crippen molar-refractivity contribution in [2.45, 2.75) is 6.92 Å². The van der Waals surface area contributed by atoms with E-state index in [1.807, 2.05) is 0 Å². The molecule has 0 unspecified atom stereocenters. The third kappa shape index (κ3) is 3.64. The highest BCUT2D eigenvalue weighted by Crippen LogP contribution is 2.22. The molecule has 0 saturated heterocycles. The quantitative estimate of drug-likeness (QED) is 0.606. The molecule has 5 nitrogen and oxygen atoms in total. The predicted molar refractivity (Wildman–Crippen MR) is 66.0 cm³/mol. The fourth-order valence-electron chi connectivity index (χ4n) is 1.27. The van der Waals surface area contributed by atoms with Crippen molar-refractivity contribution in [2.75, 3.05) is 17.2 Å². The van der Waals surface area contributed by atoms with E-state index in [2.05, 4.69) is 17.2 Å². The van der Waals surface area contributed by atoms with Crippen LogP contribution >= 0.6 is 0 Å². The van der Waals surface area contributed by atoms with Gasteiger partial charge in [-0.1, -0.05) is 18.7 Å². The standard InChI is InChI=1S/C12H14N2O3/c1-3-7-17-12(16)14-11-6-4-5-10(9(11)2)13-8-15/h3-6,8H,1,7H2,2H3,(H,13,15)(H,14,16). The lowest BCUT2D eigenvalue weighted by atomic mass is 10.1. The largest absolute Gasteiger partial charge is 0.445 e. The van der Waals surface area contributed by atoms with Crippen LogP contribution in [0.2, 0.25) is 0 Å². The second kappa shape index (κ2) is 6.32. The zero-order valence-corrected chi connectivity index (χ0v) is 9.53. The Balaban J connectivity index is 2.77. The summed E-state index contributed by atoms with van der Waals surface area (Å²) in [7, 11) is 0. The van der Waals surface area contributed by atoms with Gasteiger partial charge in [0.25, 0.3) is 0 Å². The van der Waals surface area contributed by atoms with Crippen molar-refractivity contribution in [3.63, 3.8) is 0 Å². The molecule has 0 aliphatic heterocycles. The van der Waals surface area contributed by atoms with Crippen LogP contribution in [-0.2, 0) is 9.53 Å². The molecule has 5 heteroatoms. The van der Waals surface area contributed by atoms with Gasteiger partial charge >= 0.3 is 6.09 Å². The lowest BCUT2D eigenvalue weighted by Crippen LogP contribution is -2.14. The Morgan fingerprint density at radius 2 is 2.18 bits per heavy atom. The van der Waals surface area contributed by atoms with Gasteiger partial charge in [0.1, 0.15) is 6.61 Å². The number of ether oxygens (including phenoxy) is 1. The first kappa shape index (κ1) is 12.8. The molecule has 1 aromatic rings. The molecule has 1 aromatic carbocycles. The predicted octanol–water partition coefficient (Wildman–Crippen LogP) is 2.30. The molecule has 0 spiro atoms. The fraction of sp³-hybridized carbons (Fsp3) is 0.167. The first-order chi connectivity index (χ1) is 8.19. The van der Waals surface area contributed by atoms with Crippen molar-refractivity contribution >= 4 is 23.9 Å². The summed E-state index contributed by atoms with van der Waals surface area (Å²) in [6, 6.07) is 5.19. The van der Waals surface area contributed by atoms with Crippen LogP contribution in [0.5, 0.6) is 0 Å². The maximum atomic E-state index is 11.3. The SMILES string of the molecule is C=CCOC(=O)Nc1cccc(NC=O)c1C. The van der Waals surface area contributed by atoms with E-state index in [0.29, 0.717) is 17.8 Å². The Bertz CT molecular complexity index is 430. The Labute approximate surface area is 99.5 Å². The van der Waals surface area contributed by atoms with Crippen molar-refractivity contribution in [2.24, 2.45) is 0 Å². The van der Waals surface area contributed by atoms with Crippen LogP contribution in [0.25, 0.3) is 0 Å². The number of hydrogen-bond donors (Lipinski definition) is 2. The van der Waals surface area contributed by atoms with Crippen LogP contribution < -0.4 is 10.6 Å². The number of carbonyl (C=O) groups is 2. The van der Waals surface area contributed by atoms with Crippen molar-refractivity contribution in [3.8, 4) is 0 Å². The van der Waals surface area contributed by atoms with Crippen LogP contribution in [0.15, 0.2) is 30.9 Å². The number of carbonyl (C=O) groups excluding carboxylic acids is 2. The van der Waals surface area contributed by atoms with E-state index in [0.717, 1.165) is 5.56 Å². The highest BCUT2D eigenvalue weighted by Gasteiger charge is 2.07. The van der Waals surface area contributed by atoms with Crippen molar-refractivity contribution in [1.82, 2.24) is 0 Å². The topological polar surface area (TPSA) is 67.4 Å².